The minimum atomic E-state index is -5.92. The molecule has 3 aliphatic rings. The number of aliphatic carboxylic acids is 1. The third kappa shape index (κ3) is 16.4. The van der Waals surface area contributed by atoms with E-state index in [1.807, 2.05) is 0 Å². The van der Waals surface area contributed by atoms with Crippen molar-refractivity contribution < 1.29 is 148 Å². The lowest BCUT2D eigenvalue weighted by Crippen LogP contribution is -2.70. The zero-order valence-corrected chi connectivity index (χ0v) is 34.7. The van der Waals surface area contributed by atoms with E-state index >= 15 is 0 Å². The van der Waals surface area contributed by atoms with Crippen molar-refractivity contribution in [2.45, 2.75) is 92.0 Å². The van der Waals surface area contributed by atoms with Crippen LogP contribution < -0.4 is 9.44 Å². The lowest BCUT2D eigenvalue weighted by molar-refractivity contribution is -0.358. The quantitative estimate of drug-likeness (QED) is 0.0476. The molecule has 3 fully saturated rings. The average Bonchev–Trinajstić information content (AvgIpc) is 3.06. The van der Waals surface area contributed by atoms with Crippen LogP contribution in [0.3, 0.4) is 0 Å². The summed E-state index contributed by atoms with van der Waals surface area (Å²) in [4.78, 5) is 12.6. The van der Waals surface area contributed by atoms with Crippen LogP contribution >= 0.6 is 0 Å². The molecule has 0 spiro atoms. The molecular weight excluding hydrogens is 989 g/mol. The molecular formula is C20H36N2O33S6. The molecule has 0 bridgehead atoms. The van der Waals surface area contributed by atoms with Gasteiger partial charge in [0.15, 0.2) is 31.1 Å². The Balaban J connectivity index is 2.18. The second kappa shape index (κ2) is 20.2. The van der Waals surface area contributed by atoms with Crippen LogP contribution in [0.4, 0.5) is 0 Å². The number of carbonyl (C=O) groups is 1. The van der Waals surface area contributed by atoms with Gasteiger partial charge in [-0.05, 0) is 0 Å². The molecule has 360 valence electrons. The van der Waals surface area contributed by atoms with E-state index in [-0.39, 0.29) is 0 Å². The second-order valence-electron chi connectivity index (χ2n) is 12.1. The average molecular weight is 1020 g/mol. The van der Waals surface area contributed by atoms with Crippen molar-refractivity contribution in [3.8, 4) is 0 Å². The molecule has 0 aromatic heterocycles. The Kier molecular flexibility index (Phi) is 17.8. The molecule has 0 amide bonds. The monoisotopic (exact) mass is 1020 g/mol. The van der Waals surface area contributed by atoms with Crippen molar-refractivity contribution in [3.05, 3.63) is 0 Å². The molecule has 61 heavy (non-hydrogen) atoms. The Bertz CT molecular complexity index is 2200. The highest BCUT2D eigenvalue weighted by Gasteiger charge is 2.58. The van der Waals surface area contributed by atoms with Gasteiger partial charge in [0.25, 0.3) is 0 Å². The van der Waals surface area contributed by atoms with Gasteiger partial charge in [-0.3, -0.25) is 27.3 Å². The lowest BCUT2D eigenvalue weighted by Gasteiger charge is -2.49. The van der Waals surface area contributed by atoms with Crippen molar-refractivity contribution >= 4 is 68.2 Å². The largest absolute Gasteiger partial charge is 0.479 e. The summed E-state index contributed by atoms with van der Waals surface area (Å²) in [7, 11) is -31.9. The molecule has 3 heterocycles. The summed E-state index contributed by atoms with van der Waals surface area (Å²) in [6, 6.07) is -4.85. The zero-order chi connectivity index (χ0) is 46.8. The van der Waals surface area contributed by atoms with E-state index in [9.17, 15) is 88.8 Å². The fourth-order valence-corrected chi connectivity index (χ4v) is 8.65. The molecule has 3 rings (SSSR count). The van der Waals surface area contributed by atoms with Gasteiger partial charge in [-0.25, -0.2) is 21.5 Å². The molecule has 11 N–H and O–H groups in total. The summed E-state index contributed by atoms with van der Waals surface area (Å²) in [5.41, 5.74) is 0. The van der Waals surface area contributed by atoms with Gasteiger partial charge in [0.1, 0.15) is 60.9 Å². The summed E-state index contributed by atoms with van der Waals surface area (Å²) < 4.78 is 253. The number of aliphatic hydroxyl groups excluding tert-OH is 2. The number of rotatable bonds is 21. The van der Waals surface area contributed by atoms with Gasteiger partial charge < -0.3 is 48.5 Å². The Morgan fingerprint density at radius 3 is 1.39 bits per heavy atom. The standard InChI is InChI=1S/C20H36N2O33S6/c1-45-12-6(4-48-59(36,37)38)50-19(8(22-57(30,31)32)13(12)54-60(39,40)41)52-14-10(24)15(55-61(42,43)44)20(53-16(14)17(25)26)51-11-5(3-47-58(33,34)35)49-18(46-2)7(9(11)23)21-56(27,28)29/h5-16,18-24H,3-4H2,1-2H3,(H,25,26)(H,27,28,29)(H,30,31,32)(H,33,34,35)(H,36,37,38)(H,39,40,41)(H,42,43,44)/t5-,6-,7-,8-,9-,10+,11-,12-,13-,14+,15-,16-,18+,19+,20-/m1/s1. The first-order valence-electron chi connectivity index (χ1n) is 15.5. The lowest BCUT2D eigenvalue weighted by atomic mass is 9.95. The summed E-state index contributed by atoms with van der Waals surface area (Å²) >= 11 is 0. The molecule has 41 heteroatoms. The van der Waals surface area contributed by atoms with Gasteiger partial charge in [0.2, 0.25) is 0 Å². The summed E-state index contributed by atoms with van der Waals surface area (Å²) in [5.74, 6) is -2.29. The number of hydrogen-bond donors (Lipinski definition) is 11. The molecule has 0 aromatic rings. The molecule has 3 aliphatic heterocycles. The zero-order valence-electron chi connectivity index (χ0n) is 29.8. The van der Waals surface area contributed by atoms with Gasteiger partial charge in [0.05, 0.1) is 13.2 Å². The number of carboxylic acid groups (broad SMARTS) is 1. The highest BCUT2D eigenvalue weighted by atomic mass is 32.3. The molecule has 15 atom stereocenters. The topological polar surface area (TPSA) is 530 Å². The molecule has 0 saturated carbocycles. The van der Waals surface area contributed by atoms with Crippen molar-refractivity contribution in [3.63, 3.8) is 0 Å². The number of hydrogen-bond acceptors (Lipinski definition) is 26. The van der Waals surface area contributed by atoms with Gasteiger partial charge in [0, 0.05) is 14.2 Å². The van der Waals surface area contributed by atoms with E-state index in [0.29, 0.717) is 7.11 Å². The normalized spacial score (nSPS) is 36.1. The van der Waals surface area contributed by atoms with E-state index < -0.39 is 173 Å². The first-order chi connectivity index (χ1) is 27.5. The molecule has 0 radical (unpaired) electrons. The predicted molar refractivity (Wildman–Crippen MR) is 178 cm³/mol. The third-order valence-electron chi connectivity index (χ3n) is 7.97. The summed E-state index contributed by atoms with van der Waals surface area (Å²) in [6.07, 6.45) is -33.4. The van der Waals surface area contributed by atoms with E-state index in [0.717, 1.165) is 7.11 Å². The third-order valence-corrected chi connectivity index (χ3v) is 10.9. The summed E-state index contributed by atoms with van der Waals surface area (Å²) in [6.45, 7) is -2.88. The number of methoxy groups -OCH3 is 2. The van der Waals surface area contributed by atoms with Crippen molar-refractivity contribution in [1.82, 2.24) is 9.44 Å². The molecule has 35 nitrogen and oxygen atoms in total. The maximum Gasteiger partial charge on any atom is 0.397 e. The van der Waals surface area contributed by atoms with E-state index in [2.05, 4.69) is 16.7 Å². The highest BCUT2D eigenvalue weighted by molar-refractivity contribution is 7.84. The fraction of sp³-hybridized carbons (Fsp3) is 0.950. The van der Waals surface area contributed by atoms with Gasteiger partial charge in [-0.2, -0.15) is 60.0 Å². The van der Waals surface area contributed by atoms with Crippen LogP contribution in [0.2, 0.25) is 0 Å². The van der Waals surface area contributed by atoms with Gasteiger partial charge >= 0.3 is 68.2 Å². The number of aliphatic hydroxyl groups is 2. The van der Waals surface area contributed by atoms with E-state index in [4.69, 9.17) is 42.3 Å². The van der Waals surface area contributed by atoms with Crippen LogP contribution in [-0.2, 0) is 117 Å². The van der Waals surface area contributed by atoms with Gasteiger partial charge in [-0.15, -0.1) is 0 Å². The first-order valence-corrected chi connectivity index (χ1v) is 23.8. The number of carboxylic acids is 1. The van der Waals surface area contributed by atoms with E-state index in [1.54, 1.807) is 0 Å². The first kappa shape index (κ1) is 53.7. The van der Waals surface area contributed by atoms with Crippen LogP contribution in [0.5, 0.6) is 0 Å². The highest BCUT2D eigenvalue weighted by Crippen LogP contribution is 2.36. The van der Waals surface area contributed by atoms with Crippen LogP contribution in [0.1, 0.15) is 0 Å². The number of nitrogens with one attached hydrogen (secondary N) is 2. The Hall–Kier alpha value is -1.67. The Labute approximate surface area is 343 Å². The van der Waals surface area contributed by atoms with Crippen molar-refractivity contribution in [2.75, 3.05) is 27.4 Å². The maximum atomic E-state index is 12.6. The smallest absolute Gasteiger partial charge is 0.397 e. The van der Waals surface area contributed by atoms with Crippen LogP contribution in [-0.4, -0.2) is 219 Å². The van der Waals surface area contributed by atoms with Crippen LogP contribution in [0, 0.1) is 0 Å². The molecule has 0 aromatic carbocycles. The number of ether oxygens (including phenoxy) is 7. The maximum absolute atomic E-state index is 12.6. The minimum Gasteiger partial charge on any atom is -0.479 e. The van der Waals surface area contributed by atoms with Gasteiger partial charge in [-0.1, -0.05) is 0 Å². The van der Waals surface area contributed by atoms with Crippen molar-refractivity contribution in [2.24, 2.45) is 0 Å². The Morgan fingerprint density at radius 1 is 0.525 bits per heavy atom. The molecule has 0 aliphatic carbocycles. The predicted octanol–water partition coefficient (Wildman–Crippen LogP) is -8.06. The molecule has 0 unspecified atom stereocenters. The van der Waals surface area contributed by atoms with Crippen LogP contribution in [0.15, 0.2) is 0 Å². The van der Waals surface area contributed by atoms with E-state index in [1.165, 1.54) is 9.44 Å². The SMILES string of the molecule is CO[C@H]1O[C@H](COS(=O)(=O)O)[C@@H](O[C@@H]2O[C@@H](C(=O)O)[C@@H](O[C@@H]3O[C@H](COS(=O)(=O)O)[C@@H](OC)[C@H](OS(=O)(=O)O)[C@H]3NS(=O)(=O)O)[C@H](O)[C@H]2OS(=O)(=O)O)[C@H](O)[C@H]1NS(=O)(=O)O. The molecule has 3 saturated heterocycles. The summed E-state index contributed by atoms with van der Waals surface area (Å²) in [5, 5.41) is 32.7. The second-order valence-corrected chi connectivity index (χ2v) is 18.8. The Morgan fingerprint density at radius 2 is 0.967 bits per heavy atom. The minimum absolute atomic E-state index is 0.710. The van der Waals surface area contributed by atoms with Crippen molar-refractivity contribution in [1.29, 1.82) is 0 Å². The fourth-order valence-electron chi connectivity index (χ4n) is 5.86. The van der Waals surface area contributed by atoms with Crippen LogP contribution in [0.25, 0.3) is 0 Å².